The molecule has 7 heteroatoms. The largest absolute Gasteiger partial charge is 0.373 e. The van der Waals surface area contributed by atoms with Gasteiger partial charge < -0.3 is 20.3 Å². The standard InChI is InChI=1S/C20H27N3O3.ClH/c24-15-4-16-26-18-7-13-23(14-8-18)19(25)22-20(9-11-21-12-10-20)17-5-2-1-3-6-17;/h1-6,18,21H,7-14,16H2,(H,22,25);1H. The van der Waals surface area contributed by atoms with Crippen LogP contribution >= 0.6 is 12.4 Å². The van der Waals surface area contributed by atoms with E-state index in [1.165, 1.54) is 11.6 Å². The van der Waals surface area contributed by atoms with Crippen LogP contribution in [0.1, 0.15) is 31.2 Å². The molecule has 0 atom stereocenters. The Morgan fingerprint density at radius 1 is 1.26 bits per heavy atom. The van der Waals surface area contributed by atoms with Crippen molar-refractivity contribution in [2.45, 2.75) is 37.3 Å². The molecule has 0 bridgehead atoms. The molecule has 2 amide bonds. The molecular weight excluding hydrogens is 366 g/mol. The lowest BCUT2D eigenvalue weighted by molar-refractivity contribution is 0.0293. The fourth-order valence-corrected chi connectivity index (χ4v) is 3.82. The highest BCUT2D eigenvalue weighted by Crippen LogP contribution is 2.31. The van der Waals surface area contributed by atoms with Crippen molar-refractivity contribution in [2.24, 2.45) is 0 Å². The van der Waals surface area contributed by atoms with Gasteiger partial charge in [-0.05, 0) is 44.3 Å². The van der Waals surface area contributed by atoms with E-state index in [1.807, 2.05) is 23.1 Å². The molecule has 3 rings (SSSR count). The van der Waals surface area contributed by atoms with Crippen LogP contribution in [0.3, 0.4) is 0 Å². The fraction of sp³-hybridized carbons (Fsp3) is 0.550. The van der Waals surface area contributed by atoms with Gasteiger partial charge in [0.2, 0.25) is 0 Å². The van der Waals surface area contributed by atoms with Crippen molar-refractivity contribution in [1.29, 1.82) is 0 Å². The number of benzene rings is 1. The Balaban J connectivity index is 0.00000261. The number of rotatable bonds is 5. The van der Waals surface area contributed by atoms with E-state index in [4.69, 9.17) is 4.74 Å². The number of nitrogens with one attached hydrogen (secondary N) is 2. The summed E-state index contributed by atoms with van der Waals surface area (Å²) in [6, 6.07) is 10.3. The average molecular weight is 394 g/mol. The predicted octanol–water partition coefficient (Wildman–Crippen LogP) is 2.27. The number of likely N-dealkylation sites (tertiary alicyclic amines) is 1. The molecule has 2 saturated heterocycles. The Bertz CT molecular complexity index is 635. The van der Waals surface area contributed by atoms with Crippen LogP contribution in [0.15, 0.2) is 36.4 Å². The van der Waals surface area contributed by atoms with Gasteiger partial charge in [-0.1, -0.05) is 30.3 Å². The Kier molecular flexibility index (Phi) is 8.32. The van der Waals surface area contributed by atoms with Gasteiger partial charge in [0.05, 0.1) is 18.2 Å². The lowest BCUT2D eigenvalue weighted by atomic mass is 9.81. The van der Waals surface area contributed by atoms with Crippen LogP contribution in [-0.2, 0) is 15.1 Å². The smallest absolute Gasteiger partial charge is 0.318 e. The first-order chi connectivity index (χ1) is 12.7. The van der Waals surface area contributed by atoms with Crippen LogP contribution < -0.4 is 10.6 Å². The van der Waals surface area contributed by atoms with Crippen LogP contribution in [-0.4, -0.2) is 55.8 Å². The van der Waals surface area contributed by atoms with E-state index >= 15 is 0 Å². The number of amides is 2. The van der Waals surface area contributed by atoms with E-state index < -0.39 is 0 Å². The summed E-state index contributed by atoms with van der Waals surface area (Å²) in [5, 5.41) is 6.71. The molecule has 2 fully saturated rings. The maximum absolute atomic E-state index is 12.9. The molecule has 1 aromatic carbocycles. The molecule has 1 aromatic rings. The molecule has 2 heterocycles. The van der Waals surface area contributed by atoms with E-state index in [9.17, 15) is 9.59 Å². The molecule has 27 heavy (non-hydrogen) atoms. The highest BCUT2D eigenvalue weighted by atomic mass is 35.5. The average Bonchev–Trinajstić information content (AvgIpc) is 2.70. The van der Waals surface area contributed by atoms with Crippen molar-refractivity contribution in [1.82, 2.24) is 15.5 Å². The number of piperidine rings is 2. The monoisotopic (exact) mass is 393 g/mol. The van der Waals surface area contributed by atoms with Crippen LogP contribution in [0.4, 0.5) is 4.79 Å². The highest BCUT2D eigenvalue weighted by molar-refractivity contribution is 5.85. The van der Waals surface area contributed by atoms with Gasteiger partial charge in [0.1, 0.15) is 5.94 Å². The van der Waals surface area contributed by atoms with E-state index in [0.717, 1.165) is 38.8 Å². The third kappa shape index (κ3) is 5.56. The second-order valence-corrected chi connectivity index (χ2v) is 6.97. The van der Waals surface area contributed by atoms with Crippen molar-refractivity contribution in [3.63, 3.8) is 0 Å². The van der Waals surface area contributed by atoms with Crippen LogP contribution in [0.25, 0.3) is 0 Å². The van der Waals surface area contributed by atoms with E-state index in [2.05, 4.69) is 22.8 Å². The lowest BCUT2D eigenvalue weighted by Gasteiger charge is -2.41. The molecule has 6 nitrogen and oxygen atoms in total. The van der Waals surface area contributed by atoms with Crippen LogP contribution in [0.5, 0.6) is 0 Å². The summed E-state index contributed by atoms with van der Waals surface area (Å²) in [5.41, 5.74) is 0.875. The Hall–Kier alpha value is -1.85. The molecule has 0 saturated carbocycles. The Morgan fingerprint density at radius 2 is 1.93 bits per heavy atom. The van der Waals surface area contributed by atoms with Crippen molar-refractivity contribution in [2.75, 3.05) is 32.8 Å². The summed E-state index contributed by atoms with van der Waals surface area (Å²) in [6.45, 7) is 3.43. The van der Waals surface area contributed by atoms with Gasteiger partial charge in [-0.3, -0.25) is 0 Å². The maximum atomic E-state index is 12.9. The summed E-state index contributed by atoms with van der Waals surface area (Å²) in [5.74, 6) is 1.72. The summed E-state index contributed by atoms with van der Waals surface area (Å²) in [4.78, 5) is 25.0. The Morgan fingerprint density at radius 3 is 2.56 bits per heavy atom. The van der Waals surface area contributed by atoms with E-state index in [0.29, 0.717) is 19.7 Å². The number of carbonyl (C=O) groups is 1. The summed E-state index contributed by atoms with van der Waals surface area (Å²) in [6.07, 6.45) is 4.81. The molecular formula is C20H28ClN3O3. The maximum Gasteiger partial charge on any atom is 0.318 e. The molecule has 0 radical (unpaired) electrons. The Labute approximate surface area is 166 Å². The quantitative estimate of drug-likeness (QED) is 0.753. The number of halogens is 1. The molecule has 148 valence electrons. The fourth-order valence-electron chi connectivity index (χ4n) is 3.82. The van der Waals surface area contributed by atoms with E-state index in [-0.39, 0.29) is 30.1 Å². The van der Waals surface area contributed by atoms with Crippen molar-refractivity contribution < 1.29 is 14.3 Å². The van der Waals surface area contributed by atoms with Crippen LogP contribution in [0.2, 0.25) is 0 Å². The molecule has 0 spiro atoms. The first kappa shape index (κ1) is 21.5. The van der Waals surface area contributed by atoms with Gasteiger partial charge in [0.15, 0.2) is 0 Å². The molecule has 2 aliphatic rings. The number of ether oxygens (including phenoxy) is 1. The SMILES string of the molecule is Cl.O=C=CCOC1CCN(C(=O)NC2(c3ccccc3)CCNCC2)CC1. The molecule has 2 aliphatic heterocycles. The lowest BCUT2D eigenvalue weighted by Crippen LogP contribution is -2.56. The highest BCUT2D eigenvalue weighted by Gasteiger charge is 2.37. The summed E-state index contributed by atoms with van der Waals surface area (Å²) in [7, 11) is 0. The number of urea groups is 1. The second-order valence-electron chi connectivity index (χ2n) is 6.97. The van der Waals surface area contributed by atoms with Gasteiger partial charge in [-0.25, -0.2) is 9.59 Å². The topological polar surface area (TPSA) is 70.7 Å². The van der Waals surface area contributed by atoms with Gasteiger partial charge in [-0.2, -0.15) is 0 Å². The summed E-state index contributed by atoms with van der Waals surface area (Å²) < 4.78 is 5.61. The van der Waals surface area contributed by atoms with Gasteiger partial charge in [0.25, 0.3) is 0 Å². The third-order valence-electron chi connectivity index (χ3n) is 5.36. The molecule has 0 unspecified atom stereocenters. The minimum absolute atomic E-state index is 0. The number of hydrogen-bond acceptors (Lipinski definition) is 4. The van der Waals surface area contributed by atoms with E-state index in [1.54, 1.807) is 5.94 Å². The zero-order valence-corrected chi connectivity index (χ0v) is 16.3. The third-order valence-corrected chi connectivity index (χ3v) is 5.36. The first-order valence-electron chi connectivity index (χ1n) is 9.38. The van der Waals surface area contributed by atoms with Gasteiger partial charge in [-0.15, -0.1) is 12.4 Å². The molecule has 0 aromatic heterocycles. The zero-order chi connectivity index (χ0) is 18.2. The normalized spacial score (nSPS) is 19.5. The zero-order valence-electron chi connectivity index (χ0n) is 15.5. The minimum atomic E-state index is -0.300. The minimum Gasteiger partial charge on any atom is -0.373 e. The number of hydrogen-bond donors (Lipinski definition) is 2. The molecule has 0 aliphatic carbocycles. The predicted molar refractivity (Wildman–Crippen MR) is 107 cm³/mol. The van der Waals surface area contributed by atoms with Gasteiger partial charge in [0, 0.05) is 19.2 Å². The molecule has 2 N–H and O–H groups in total. The van der Waals surface area contributed by atoms with Crippen molar-refractivity contribution in [3.8, 4) is 0 Å². The van der Waals surface area contributed by atoms with Crippen LogP contribution in [0, 0.1) is 0 Å². The second kappa shape index (κ2) is 10.5. The number of carbonyl (C=O) groups excluding carboxylic acids is 2. The summed E-state index contributed by atoms with van der Waals surface area (Å²) >= 11 is 0. The van der Waals surface area contributed by atoms with Crippen molar-refractivity contribution in [3.05, 3.63) is 42.0 Å². The first-order valence-corrected chi connectivity index (χ1v) is 9.38. The number of nitrogens with zero attached hydrogens (tertiary/aromatic N) is 1. The van der Waals surface area contributed by atoms with Crippen molar-refractivity contribution >= 4 is 24.4 Å². The van der Waals surface area contributed by atoms with Gasteiger partial charge >= 0.3 is 6.03 Å².